The monoisotopic (exact) mass is 305 g/mol. The number of benzene rings is 1. The summed E-state index contributed by atoms with van der Waals surface area (Å²) in [5.41, 5.74) is 4.40. The molecule has 3 heteroatoms. The van der Waals surface area contributed by atoms with Crippen LogP contribution in [0.5, 0.6) is 0 Å². The summed E-state index contributed by atoms with van der Waals surface area (Å²) in [6.07, 6.45) is 11.7. The second-order valence-corrected chi connectivity index (χ2v) is 5.27. The molecule has 0 radical (unpaired) electrons. The van der Waals surface area contributed by atoms with Gasteiger partial charge in [-0.25, -0.2) is 0 Å². The molecule has 2 aliphatic rings. The first kappa shape index (κ1) is 14.9. The first-order chi connectivity index (χ1) is 11.2. The quantitative estimate of drug-likeness (QED) is 0.484. The molecular weight excluding hydrogens is 288 g/mol. The van der Waals surface area contributed by atoms with Gasteiger partial charge in [0.1, 0.15) is 11.5 Å². The van der Waals surface area contributed by atoms with E-state index in [1.54, 1.807) is 24.3 Å². The molecular formula is C20H17O3+. The molecule has 0 saturated carbocycles. The number of Topliss-reactive ketones (excluding diaryl/α,β-unsaturated/α-hetero) is 1. The lowest BCUT2D eigenvalue weighted by molar-refractivity contribution is 0.102. The third-order valence-electron chi connectivity index (χ3n) is 3.58. The minimum Gasteiger partial charge on any atom is -0.593 e. The van der Waals surface area contributed by atoms with E-state index in [1.165, 1.54) is 0 Å². The Morgan fingerprint density at radius 2 is 1.83 bits per heavy atom. The lowest BCUT2D eigenvalue weighted by atomic mass is 9.95. The predicted octanol–water partition coefficient (Wildman–Crippen LogP) is 3.71. The largest absolute Gasteiger partial charge is 0.593 e. The summed E-state index contributed by atoms with van der Waals surface area (Å²) in [5.74, 6) is 1.90. The fourth-order valence-corrected chi connectivity index (χ4v) is 2.36. The minimum absolute atomic E-state index is 0.0687. The standard InChI is InChI=1S/C20H16O3/c21-17-7-4-8-18(14-11-17)23-19-12-9-16(10-13-19)20(22)15-5-2-1-3-6-15/h1-3,5-9,11-12,14,21H,10,13H2/p+1. The van der Waals surface area contributed by atoms with Crippen molar-refractivity contribution in [1.29, 1.82) is 0 Å². The van der Waals surface area contributed by atoms with Gasteiger partial charge in [-0.2, -0.15) is 0 Å². The first-order valence-corrected chi connectivity index (χ1v) is 7.46. The van der Waals surface area contributed by atoms with Crippen molar-refractivity contribution in [2.24, 2.45) is 0 Å². The van der Waals surface area contributed by atoms with Crippen LogP contribution in [0, 0.1) is 0 Å². The van der Waals surface area contributed by atoms with Crippen molar-refractivity contribution in [1.82, 2.24) is 0 Å². The molecule has 23 heavy (non-hydrogen) atoms. The van der Waals surface area contributed by atoms with Crippen molar-refractivity contribution >= 4 is 5.78 Å². The van der Waals surface area contributed by atoms with Gasteiger partial charge in [0, 0.05) is 29.7 Å². The van der Waals surface area contributed by atoms with Crippen molar-refractivity contribution in [2.75, 3.05) is 0 Å². The molecule has 0 spiro atoms. The summed E-state index contributed by atoms with van der Waals surface area (Å²) in [5, 5.41) is 7.54. The van der Waals surface area contributed by atoms with E-state index < -0.39 is 0 Å². The van der Waals surface area contributed by atoms with Crippen LogP contribution in [0.3, 0.4) is 0 Å². The zero-order valence-electron chi connectivity index (χ0n) is 12.6. The molecule has 0 aromatic heterocycles. The summed E-state index contributed by atoms with van der Waals surface area (Å²) in [7, 11) is 0. The van der Waals surface area contributed by atoms with E-state index in [0.29, 0.717) is 29.9 Å². The maximum absolute atomic E-state index is 12.4. The SMILES string of the molecule is O=C(C1=CC=C(OC2=CC=C([OH2+])C=C=C2)CC1)c1ccccc1. The molecule has 2 aliphatic carbocycles. The van der Waals surface area contributed by atoms with E-state index in [-0.39, 0.29) is 5.78 Å². The molecule has 3 nitrogen and oxygen atoms in total. The number of ether oxygens (including phenoxy) is 1. The molecule has 1 aromatic rings. The summed E-state index contributed by atoms with van der Waals surface area (Å²) in [6.45, 7) is 0. The molecule has 0 bridgehead atoms. The zero-order valence-corrected chi connectivity index (χ0v) is 12.6. The second-order valence-electron chi connectivity index (χ2n) is 5.27. The number of ketones is 1. The lowest BCUT2D eigenvalue weighted by Gasteiger charge is -2.15. The highest BCUT2D eigenvalue weighted by Gasteiger charge is 2.16. The molecule has 0 heterocycles. The van der Waals surface area contributed by atoms with Gasteiger partial charge in [0.15, 0.2) is 5.78 Å². The van der Waals surface area contributed by atoms with Gasteiger partial charge in [0.25, 0.3) is 5.76 Å². The molecule has 0 saturated heterocycles. The number of carbonyl (C=O) groups is 1. The van der Waals surface area contributed by atoms with Gasteiger partial charge in [0.05, 0.1) is 6.08 Å². The summed E-state index contributed by atoms with van der Waals surface area (Å²) < 4.78 is 5.79. The molecule has 0 atom stereocenters. The van der Waals surface area contributed by atoms with Gasteiger partial charge in [-0.15, -0.1) is 5.73 Å². The number of carbonyl (C=O) groups excluding carboxylic acids is 1. The zero-order chi connectivity index (χ0) is 16.1. The van der Waals surface area contributed by atoms with Crippen molar-refractivity contribution in [3.8, 4) is 0 Å². The van der Waals surface area contributed by atoms with Gasteiger partial charge in [-0.3, -0.25) is 4.79 Å². The first-order valence-electron chi connectivity index (χ1n) is 7.46. The Kier molecular flexibility index (Phi) is 4.41. The summed E-state index contributed by atoms with van der Waals surface area (Å²) in [6, 6.07) is 9.30. The highest BCUT2D eigenvalue weighted by molar-refractivity contribution is 6.08. The minimum atomic E-state index is 0.0687. The van der Waals surface area contributed by atoms with Crippen LogP contribution < -0.4 is 0 Å². The maximum Gasteiger partial charge on any atom is 0.261 e. The fraction of sp³-hybridized carbons (Fsp3) is 0.100. The highest BCUT2D eigenvalue weighted by atomic mass is 16.5. The highest BCUT2D eigenvalue weighted by Crippen LogP contribution is 2.24. The van der Waals surface area contributed by atoms with Crippen LogP contribution in [0.25, 0.3) is 0 Å². The normalized spacial score (nSPS) is 16.7. The van der Waals surface area contributed by atoms with Crippen LogP contribution in [0.4, 0.5) is 0 Å². The number of rotatable bonds is 4. The van der Waals surface area contributed by atoms with Crippen LogP contribution in [0.2, 0.25) is 0 Å². The Labute approximate surface area is 134 Å². The van der Waals surface area contributed by atoms with Gasteiger partial charge in [-0.05, 0) is 18.6 Å². The van der Waals surface area contributed by atoms with E-state index in [9.17, 15) is 4.79 Å². The topological polar surface area (TPSA) is 49.2 Å². The Morgan fingerprint density at radius 3 is 2.57 bits per heavy atom. The predicted molar refractivity (Wildman–Crippen MR) is 89.7 cm³/mol. The Bertz CT molecular complexity index is 799. The van der Waals surface area contributed by atoms with Crippen LogP contribution >= 0.6 is 0 Å². The van der Waals surface area contributed by atoms with E-state index in [0.717, 1.165) is 11.3 Å². The van der Waals surface area contributed by atoms with Crippen LogP contribution in [0.15, 0.2) is 95.4 Å². The third kappa shape index (κ3) is 3.79. The van der Waals surface area contributed by atoms with Crippen molar-refractivity contribution < 1.29 is 14.6 Å². The van der Waals surface area contributed by atoms with Gasteiger partial charge in [-0.1, -0.05) is 36.4 Å². The summed E-state index contributed by atoms with van der Waals surface area (Å²) >= 11 is 0. The molecule has 0 aliphatic heterocycles. The smallest absolute Gasteiger partial charge is 0.261 e. The van der Waals surface area contributed by atoms with E-state index in [4.69, 9.17) is 9.84 Å². The van der Waals surface area contributed by atoms with Crippen LogP contribution in [-0.2, 0) is 4.74 Å². The van der Waals surface area contributed by atoms with Gasteiger partial charge < -0.3 is 9.84 Å². The average molecular weight is 305 g/mol. The molecule has 0 unspecified atom stereocenters. The van der Waals surface area contributed by atoms with E-state index >= 15 is 0 Å². The Hall–Kier alpha value is -3.03. The second kappa shape index (κ2) is 6.82. The average Bonchev–Trinajstić information content (AvgIpc) is 2.80. The number of allylic oxidation sites excluding steroid dienone is 8. The van der Waals surface area contributed by atoms with Gasteiger partial charge in [0.2, 0.25) is 0 Å². The Morgan fingerprint density at radius 1 is 1.00 bits per heavy atom. The van der Waals surface area contributed by atoms with Crippen molar-refractivity contribution in [2.45, 2.75) is 12.8 Å². The molecule has 0 fully saturated rings. The number of hydrogen-bond donors (Lipinski definition) is 0. The molecule has 2 N–H and O–H groups in total. The lowest BCUT2D eigenvalue weighted by Crippen LogP contribution is -2.07. The molecule has 3 rings (SSSR count). The van der Waals surface area contributed by atoms with Crippen molar-refractivity contribution in [3.63, 3.8) is 0 Å². The van der Waals surface area contributed by atoms with Crippen LogP contribution in [-0.4, -0.2) is 10.9 Å². The number of hydrogen-bond acceptors (Lipinski definition) is 2. The fourth-order valence-electron chi connectivity index (χ4n) is 2.36. The molecule has 0 amide bonds. The summed E-state index contributed by atoms with van der Waals surface area (Å²) in [4.78, 5) is 12.4. The maximum atomic E-state index is 12.4. The molecule has 114 valence electrons. The van der Waals surface area contributed by atoms with Crippen LogP contribution in [0.1, 0.15) is 23.2 Å². The van der Waals surface area contributed by atoms with Gasteiger partial charge >= 0.3 is 0 Å². The van der Waals surface area contributed by atoms with E-state index in [2.05, 4.69) is 5.73 Å². The third-order valence-corrected chi connectivity index (χ3v) is 3.58. The van der Waals surface area contributed by atoms with Crippen molar-refractivity contribution in [3.05, 3.63) is 101 Å². The Balaban J connectivity index is 1.71. The molecule has 1 aromatic carbocycles. The van der Waals surface area contributed by atoms with E-state index in [1.807, 2.05) is 42.5 Å².